The maximum atomic E-state index is 12.7. The summed E-state index contributed by atoms with van der Waals surface area (Å²) in [7, 11) is 1.74. The Morgan fingerprint density at radius 3 is 2.76 bits per heavy atom. The van der Waals surface area contributed by atoms with Gasteiger partial charge in [-0.3, -0.25) is 4.79 Å². The standard InChI is InChI=1S/C15H17N5O/c1-3-4-9-20-10-12(15-16-17-18-19(15)2)14(21)11-7-5-6-8-13(11)20/h5-8,10H,3-4,9H2,1-2H3. The number of pyridine rings is 1. The monoisotopic (exact) mass is 283 g/mol. The topological polar surface area (TPSA) is 65.6 Å². The molecular formula is C15H17N5O. The van der Waals surface area contributed by atoms with Gasteiger partial charge in [-0.05, 0) is 29.0 Å². The van der Waals surface area contributed by atoms with Crippen LogP contribution in [0.1, 0.15) is 19.8 Å². The lowest BCUT2D eigenvalue weighted by Gasteiger charge is -2.12. The van der Waals surface area contributed by atoms with E-state index in [1.165, 1.54) is 4.68 Å². The third-order valence-corrected chi connectivity index (χ3v) is 3.60. The number of benzene rings is 1. The Labute approximate surface area is 122 Å². The van der Waals surface area contributed by atoms with Gasteiger partial charge in [-0.15, -0.1) is 5.10 Å². The van der Waals surface area contributed by atoms with E-state index in [4.69, 9.17) is 0 Å². The Morgan fingerprint density at radius 1 is 1.24 bits per heavy atom. The summed E-state index contributed by atoms with van der Waals surface area (Å²) in [6.45, 7) is 3.02. The first-order valence-corrected chi connectivity index (χ1v) is 7.07. The normalized spacial score (nSPS) is 11.1. The number of para-hydroxylation sites is 1. The molecule has 108 valence electrons. The van der Waals surface area contributed by atoms with Crippen LogP contribution in [0.3, 0.4) is 0 Å². The van der Waals surface area contributed by atoms with Crippen molar-refractivity contribution in [3.63, 3.8) is 0 Å². The van der Waals surface area contributed by atoms with Gasteiger partial charge < -0.3 is 4.57 Å². The number of tetrazole rings is 1. The van der Waals surface area contributed by atoms with Crippen LogP contribution in [-0.2, 0) is 13.6 Å². The molecule has 0 amide bonds. The molecule has 6 nitrogen and oxygen atoms in total. The van der Waals surface area contributed by atoms with Gasteiger partial charge in [-0.1, -0.05) is 25.5 Å². The fourth-order valence-corrected chi connectivity index (χ4v) is 2.48. The van der Waals surface area contributed by atoms with Gasteiger partial charge in [0.15, 0.2) is 11.3 Å². The molecule has 1 aromatic carbocycles. The van der Waals surface area contributed by atoms with Crippen molar-refractivity contribution in [2.45, 2.75) is 26.3 Å². The smallest absolute Gasteiger partial charge is 0.200 e. The minimum absolute atomic E-state index is 0.0313. The fourth-order valence-electron chi connectivity index (χ4n) is 2.48. The van der Waals surface area contributed by atoms with Crippen LogP contribution in [0.4, 0.5) is 0 Å². The van der Waals surface area contributed by atoms with Gasteiger partial charge in [0.1, 0.15) is 0 Å². The van der Waals surface area contributed by atoms with Crippen molar-refractivity contribution in [3.05, 3.63) is 40.7 Å². The first kappa shape index (κ1) is 13.5. The summed E-state index contributed by atoms with van der Waals surface area (Å²) in [5.41, 5.74) is 1.46. The van der Waals surface area contributed by atoms with E-state index in [1.807, 2.05) is 30.5 Å². The SMILES string of the molecule is CCCCn1cc(-c2nnnn2C)c(=O)c2ccccc21. The van der Waals surface area contributed by atoms with Gasteiger partial charge in [0.2, 0.25) is 0 Å². The lowest BCUT2D eigenvalue weighted by atomic mass is 10.1. The van der Waals surface area contributed by atoms with Gasteiger partial charge in [0, 0.05) is 25.2 Å². The van der Waals surface area contributed by atoms with Gasteiger partial charge in [0.05, 0.1) is 11.1 Å². The number of unbranched alkanes of at least 4 members (excludes halogenated alkanes) is 1. The molecule has 3 rings (SSSR count). The predicted molar refractivity (Wildman–Crippen MR) is 80.9 cm³/mol. The molecule has 0 spiro atoms. The van der Waals surface area contributed by atoms with Crippen LogP contribution < -0.4 is 5.43 Å². The predicted octanol–water partition coefficient (Wildman–Crippen LogP) is 1.99. The number of aromatic nitrogens is 5. The highest BCUT2D eigenvalue weighted by atomic mass is 16.1. The summed E-state index contributed by atoms with van der Waals surface area (Å²) in [6, 6.07) is 7.67. The zero-order valence-electron chi connectivity index (χ0n) is 12.2. The molecule has 0 aliphatic heterocycles. The number of hydrogen-bond donors (Lipinski definition) is 0. The molecule has 0 fully saturated rings. The van der Waals surface area contributed by atoms with Crippen LogP contribution in [0.5, 0.6) is 0 Å². The minimum Gasteiger partial charge on any atom is -0.347 e. The molecule has 0 N–H and O–H groups in total. The van der Waals surface area contributed by atoms with Crippen molar-refractivity contribution < 1.29 is 0 Å². The highest BCUT2D eigenvalue weighted by Crippen LogP contribution is 2.18. The number of rotatable bonds is 4. The third-order valence-electron chi connectivity index (χ3n) is 3.60. The molecule has 0 unspecified atom stereocenters. The van der Waals surface area contributed by atoms with Crippen LogP contribution in [0.15, 0.2) is 35.3 Å². The van der Waals surface area contributed by atoms with E-state index in [0.29, 0.717) is 16.8 Å². The number of nitrogens with zero attached hydrogens (tertiary/aromatic N) is 5. The summed E-state index contributed by atoms with van der Waals surface area (Å²) < 4.78 is 3.64. The van der Waals surface area contributed by atoms with Crippen LogP contribution in [0.2, 0.25) is 0 Å². The summed E-state index contributed by atoms with van der Waals surface area (Å²) in [4.78, 5) is 12.7. The first-order chi connectivity index (χ1) is 10.2. The molecule has 0 radical (unpaired) electrons. The average Bonchev–Trinajstić information content (AvgIpc) is 2.93. The molecule has 0 aliphatic carbocycles. The van der Waals surface area contributed by atoms with E-state index in [1.54, 1.807) is 7.05 Å². The zero-order valence-corrected chi connectivity index (χ0v) is 12.2. The second kappa shape index (κ2) is 5.47. The molecule has 3 aromatic rings. The van der Waals surface area contributed by atoms with Gasteiger partial charge >= 0.3 is 0 Å². The highest BCUT2D eigenvalue weighted by molar-refractivity contribution is 5.82. The number of hydrogen-bond acceptors (Lipinski definition) is 4. The number of fused-ring (bicyclic) bond motifs is 1. The third kappa shape index (κ3) is 2.33. The Kier molecular flexibility index (Phi) is 3.51. The van der Waals surface area contributed by atoms with E-state index in [9.17, 15) is 4.79 Å². The van der Waals surface area contributed by atoms with E-state index >= 15 is 0 Å². The Bertz CT molecular complexity index is 833. The molecule has 0 saturated carbocycles. The van der Waals surface area contributed by atoms with E-state index in [-0.39, 0.29) is 5.43 Å². The molecule has 0 atom stereocenters. The lowest BCUT2D eigenvalue weighted by molar-refractivity contribution is 0.645. The summed E-state index contributed by atoms with van der Waals surface area (Å²) in [5, 5.41) is 12.1. The highest BCUT2D eigenvalue weighted by Gasteiger charge is 2.14. The van der Waals surface area contributed by atoms with Gasteiger partial charge in [0.25, 0.3) is 0 Å². The fraction of sp³-hybridized carbons (Fsp3) is 0.333. The van der Waals surface area contributed by atoms with Crippen LogP contribution in [-0.4, -0.2) is 24.8 Å². The second-order valence-electron chi connectivity index (χ2n) is 5.06. The van der Waals surface area contributed by atoms with Crippen LogP contribution in [0, 0.1) is 0 Å². The van der Waals surface area contributed by atoms with Crippen molar-refractivity contribution in [1.29, 1.82) is 0 Å². The quantitative estimate of drug-likeness (QED) is 0.734. The van der Waals surface area contributed by atoms with E-state index < -0.39 is 0 Å². The van der Waals surface area contributed by atoms with Crippen molar-refractivity contribution in [2.75, 3.05) is 0 Å². The molecule has 2 aromatic heterocycles. The van der Waals surface area contributed by atoms with Crippen molar-refractivity contribution in [1.82, 2.24) is 24.8 Å². The van der Waals surface area contributed by atoms with Crippen molar-refractivity contribution in [2.24, 2.45) is 7.05 Å². The zero-order chi connectivity index (χ0) is 14.8. The first-order valence-electron chi connectivity index (χ1n) is 7.07. The molecule has 0 bridgehead atoms. The summed E-state index contributed by atoms with van der Waals surface area (Å²) >= 11 is 0. The van der Waals surface area contributed by atoms with Gasteiger partial charge in [-0.25, -0.2) is 4.68 Å². The Hall–Kier alpha value is -2.50. The molecule has 6 heteroatoms. The Morgan fingerprint density at radius 2 is 2.05 bits per heavy atom. The molecular weight excluding hydrogens is 266 g/mol. The average molecular weight is 283 g/mol. The maximum Gasteiger partial charge on any atom is 0.200 e. The maximum absolute atomic E-state index is 12.7. The lowest BCUT2D eigenvalue weighted by Crippen LogP contribution is -2.14. The van der Waals surface area contributed by atoms with Crippen LogP contribution in [0.25, 0.3) is 22.3 Å². The van der Waals surface area contributed by atoms with Crippen molar-refractivity contribution >= 4 is 10.9 Å². The second-order valence-corrected chi connectivity index (χ2v) is 5.06. The number of aryl methyl sites for hydroxylation is 2. The van der Waals surface area contributed by atoms with Gasteiger partial charge in [-0.2, -0.15) is 0 Å². The van der Waals surface area contributed by atoms with E-state index in [0.717, 1.165) is 24.9 Å². The molecule has 0 aliphatic rings. The van der Waals surface area contributed by atoms with E-state index in [2.05, 4.69) is 27.0 Å². The molecule has 0 saturated heterocycles. The Balaban J connectivity index is 2.28. The summed E-state index contributed by atoms with van der Waals surface area (Å²) in [5.74, 6) is 0.496. The van der Waals surface area contributed by atoms with Crippen LogP contribution >= 0.6 is 0 Å². The van der Waals surface area contributed by atoms with Crippen molar-refractivity contribution in [3.8, 4) is 11.4 Å². The minimum atomic E-state index is -0.0313. The summed E-state index contributed by atoms with van der Waals surface area (Å²) in [6.07, 6.45) is 4.02. The largest absolute Gasteiger partial charge is 0.347 e. The molecule has 21 heavy (non-hydrogen) atoms. The molecule has 2 heterocycles.